The van der Waals surface area contributed by atoms with Gasteiger partial charge in [-0.3, -0.25) is 4.79 Å². The first-order chi connectivity index (χ1) is 19.2. The Bertz CT molecular complexity index is 1520. The number of hydrogen-bond acceptors (Lipinski definition) is 8. The summed E-state index contributed by atoms with van der Waals surface area (Å²) in [6.45, 7) is 7.15. The molecule has 0 aliphatic heterocycles. The highest BCUT2D eigenvalue weighted by Gasteiger charge is 2.13. The van der Waals surface area contributed by atoms with Gasteiger partial charge in [-0.1, -0.05) is 6.58 Å². The highest BCUT2D eigenvalue weighted by molar-refractivity contribution is 6.02. The lowest BCUT2D eigenvalue weighted by Gasteiger charge is -2.18. The second-order valence-electron chi connectivity index (χ2n) is 9.32. The number of rotatable bonds is 9. The third-order valence-corrected chi connectivity index (χ3v) is 6.20. The van der Waals surface area contributed by atoms with Crippen LogP contribution in [-0.4, -0.2) is 66.7 Å². The summed E-state index contributed by atoms with van der Waals surface area (Å²) in [6.07, 6.45) is 6.50. The van der Waals surface area contributed by atoms with Crippen LogP contribution in [0.3, 0.4) is 0 Å². The van der Waals surface area contributed by atoms with Crippen molar-refractivity contribution in [1.29, 1.82) is 5.26 Å². The van der Waals surface area contributed by atoms with Gasteiger partial charge < -0.3 is 30.2 Å². The van der Waals surface area contributed by atoms with Crippen LogP contribution in [0.2, 0.25) is 0 Å². The number of likely N-dealkylation sites (N-methyl/N-ethyl adjacent to an activating group) is 1. The molecule has 2 heterocycles. The van der Waals surface area contributed by atoms with Crippen molar-refractivity contribution in [2.45, 2.75) is 6.92 Å². The van der Waals surface area contributed by atoms with Crippen molar-refractivity contribution >= 4 is 33.9 Å². The van der Waals surface area contributed by atoms with Gasteiger partial charge in [0, 0.05) is 56.6 Å². The summed E-state index contributed by atoms with van der Waals surface area (Å²) in [7, 11) is 9.39. The van der Waals surface area contributed by atoms with E-state index in [2.05, 4.69) is 49.5 Å². The van der Waals surface area contributed by atoms with Gasteiger partial charge in [0.2, 0.25) is 5.91 Å². The molecule has 10 nitrogen and oxygen atoms in total. The van der Waals surface area contributed by atoms with E-state index in [1.807, 2.05) is 63.1 Å². The fourth-order valence-electron chi connectivity index (χ4n) is 4.23. The predicted molar refractivity (Wildman–Crippen MR) is 162 cm³/mol. The number of hydrogen-bond donors (Lipinski definition) is 3. The zero-order chi connectivity index (χ0) is 29.2. The van der Waals surface area contributed by atoms with Gasteiger partial charge in [0.25, 0.3) is 0 Å². The smallest absolute Gasteiger partial charge is 0.247 e. The van der Waals surface area contributed by atoms with E-state index < -0.39 is 0 Å². The van der Waals surface area contributed by atoms with Crippen LogP contribution >= 0.6 is 0 Å². The van der Waals surface area contributed by atoms with E-state index in [9.17, 15) is 10.1 Å². The summed E-state index contributed by atoms with van der Waals surface area (Å²) >= 11 is 0. The lowest BCUT2D eigenvalue weighted by Crippen LogP contribution is -2.21. The molecule has 0 bridgehead atoms. The van der Waals surface area contributed by atoms with Gasteiger partial charge in [0.1, 0.15) is 18.1 Å². The van der Waals surface area contributed by atoms with E-state index in [-0.39, 0.29) is 5.91 Å². The van der Waals surface area contributed by atoms with E-state index in [1.165, 1.54) is 12.4 Å². The Morgan fingerprint density at radius 1 is 1.23 bits per heavy atom. The minimum Gasteiger partial charge on any atom is -0.495 e. The zero-order valence-corrected chi connectivity index (χ0v) is 23.9. The van der Waals surface area contributed by atoms with Gasteiger partial charge in [-0.25, -0.2) is 9.97 Å². The standard InChI is InChI=1S/C15H24N4O2.C15H12N4/c1-6-15(20)18-12-9-13(16-2)14(21-5)10-11(12)17-7-8-19(3)4;1-10-8-19(2)15-12(7-16)5-11(6-13(10)15)14-3-4-17-9-18-14/h6,9-10,16-17H,1,7-8H2,2-5H3,(H,18,20);3-6,8-9H,1-2H3. The number of methoxy groups -OCH3 is 1. The SMILES string of the molecule is C=CC(=O)Nc1cc(NC)c(OC)cc1NCCN(C)C.Cc1cn(C)c2c(C#N)cc(-c3ccncn3)cc12. The number of nitriles is 1. The van der Waals surface area contributed by atoms with Crippen LogP contribution in [-0.2, 0) is 11.8 Å². The highest BCUT2D eigenvalue weighted by Crippen LogP contribution is 2.35. The lowest BCUT2D eigenvalue weighted by atomic mass is 10.0. The molecule has 10 heteroatoms. The number of anilines is 3. The number of ether oxygens (including phenoxy) is 1. The molecule has 0 atom stereocenters. The summed E-state index contributed by atoms with van der Waals surface area (Å²) in [5.74, 6) is 0.458. The number of amides is 1. The Labute approximate surface area is 235 Å². The number of aryl methyl sites for hydroxylation is 2. The molecule has 2 aromatic heterocycles. The van der Waals surface area contributed by atoms with Gasteiger partial charge in [-0.05, 0) is 56.9 Å². The first-order valence-electron chi connectivity index (χ1n) is 12.7. The average Bonchev–Trinajstić information content (AvgIpc) is 3.26. The Kier molecular flexibility index (Phi) is 10.2. The molecule has 0 fully saturated rings. The number of carbonyl (C=O) groups is 1. The number of carbonyl (C=O) groups excluding carboxylic acids is 1. The Balaban J connectivity index is 0.000000221. The van der Waals surface area contributed by atoms with Crippen LogP contribution < -0.4 is 20.7 Å². The molecule has 0 aliphatic rings. The van der Waals surface area contributed by atoms with E-state index >= 15 is 0 Å². The molecule has 208 valence electrons. The number of benzene rings is 2. The Morgan fingerprint density at radius 3 is 2.60 bits per heavy atom. The van der Waals surface area contributed by atoms with Crippen molar-refractivity contribution in [2.24, 2.45) is 7.05 Å². The fraction of sp³-hybridized carbons (Fsp3) is 0.267. The van der Waals surface area contributed by atoms with E-state index in [1.54, 1.807) is 20.4 Å². The van der Waals surface area contributed by atoms with Crippen LogP contribution in [0, 0.1) is 18.3 Å². The zero-order valence-electron chi connectivity index (χ0n) is 23.9. The predicted octanol–water partition coefficient (Wildman–Crippen LogP) is 4.65. The van der Waals surface area contributed by atoms with E-state index in [0.29, 0.717) is 17.0 Å². The third kappa shape index (κ3) is 7.15. The average molecular weight is 541 g/mol. The second kappa shape index (κ2) is 13.8. The number of aromatic nitrogens is 3. The number of nitrogens with zero attached hydrogens (tertiary/aromatic N) is 5. The summed E-state index contributed by atoms with van der Waals surface area (Å²) in [4.78, 5) is 21.8. The molecule has 2 aromatic carbocycles. The Morgan fingerprint density at radius 2 is 2.00 bits per heavy atom. The molecule has 1 amide bonds. The van der Waals surface area contributed by atoms with Crippen molar-refractivity contribution in [3.63, 3.8) is 0 Å². The summed E-state index contributed by atoms with van der Waals surface area (Å²) in [6, 6.07) is 11.8. The van der Waals surface area contributed by atoms with Gasteiger partial charge in [0.05, 0.1) is 40.9 Å². The van der Waals surface area contributed by atoms with Gasteiger partial charge >= 0.3 is 0 Å². The van der Waals surface area contributed by atoms with Gasteiger partial charge in [-0.15, -0.1) is 0 Å². The van der Waals surface area contributed by atoms with E-state index in [4.69, 9.17) is 4.74 Å². The van der Waals surface area contributed by atoms with Crippen LogP contribution in [0.25, 0.3) is 22.2 Å². The molecule has 0 radical (unpaired) electrons. The maximum atomic E-state index is 11.6. The Hall–Kier alpha value is -4.88. The van der Waals surface area contributed by atoms with Gasteiger partial charge in [0.15, 0.2) is 0 Å². The van der Waals surface area contributed by atoms with Crippen LogP contribution in [0.5, 0.6) is 5.75 Å². The molecule has 0 saturated carbocycles. The van der Waals surface area contributed by atoms with Crippen molar-refractivity contribution in [3.05, 3.63) is 72.8 Å². The molecular formula is C30H36N8O2. The molecule has 4 aromatic rings. The summed E-state index contributed by atoms with van der Waals surface area (Å²) in [5.41, 5.74) is 6.86. The molecule has 0 spiro atoms. The molecule has 4 rings (SSSR count). The molecule has 0 aliphatic carbocycles. The van der Waals surface area contributed by atoms with E-state index in [0.717, 1.165) is 52.2 Å². The van der Waals surface area contributed by atoms with Crippen molar-refractivity contribution in [3.8, 4) is 23.1 Å². The number of fused-ring (bicyclic) bond motifs is 1. The minimum absolute atomic E-state index is 0.252. The molecule has 0 saturated heterocycles. The number of nitrogens with one attached hydrogen (secondary N) is 3. The first-order valence-corrected chi connectivity index (χ1v) is 12.7. The molecular weight excluding hydrogens is 504 g/mol. The lowest BCUT2D eigenvalue weighted by molar-refractivity contribution is -0.111. The maximum Gasteiger partial charge on any atom is 0.247 e. The topological polar surface area (TPSA) is 120 Å². The minimum atomic E-state index is -0.252. The fourth-order valence-corrected chi connectivity index (χ4v) is 4.23. The summed E-state index contributed by atoms with van der Waals surface area (Å²) < 4.78 is 7.34. The first kappa shape index (κ1) is 29.7. The molecule has 40 heavy (non-hydrogen) atoms. The maximum absolute atomic E-state index is 11.6. The van der Waals surface area contributed by atoms with Gasteiger partial charge in [-0.2, -0.15) is 5.26 Å². The normalized spacial score (nSPS) is 10.3. The van der Waals surface area contributed by atoms with Crippen LogP contribution in [0.1, 0.15) is 11.1 Å². The summed E-state index contributed by atoms with van der Waals surface area (Å²) in [5, 5.41) is 19.6. The monoisotopic (exact) mass is 540 g/mol. The highest BCUT2D eigenvalue weighted by atomic mass is 16.5. The van der Waals surface area contributed by atoms with Crippen molar-refractivity contribution < 1.29 is 9.53 Å². The van der Waals surface area contributed by atoms with Crippen LogP contribution in [0.15, 0.2) is 61.7 Å². The molecule has 3 N–H and O–H groups in total. The molecule has 0 unspecified atom stereocenters. The quantitative estimate of drug-likeness (QED) is 0.263. The second-order valence-corrected chi connectivity index (χ2v) is 9.32. The largest absolute Gasteiger partial charge is 0.495 e. The van der Waals surface area contributed by atoms with Crippen molar-refractivity contribution in [1.82, 2.24) is 19.4 Å². The van der Waals surface area contributed by atoms with Crippen molar-refractivity contribution in [2.75, 3.05) is 57.3 Å². The van der Waals surface area contributed by atoms with Crippen LogP contribution in [0.4, 0.5) is 17.1 Å². The third-order valence-electron chi connectivity index (χ3n) is 6.20.